The number of fused-ring (bicyclic) bond motifs is 1. The Labute approximate surface area is 129 Å². The summed E-state index contributed by atoms with van der Waals surface area (Å²) in [5.41, 5.74) is 1.31. The molecule has 0 saturated carbocycles. The third-order valence-corrected chi connectivity index (χ3v) is 3.75. The van der Waals surface area contributed by atoms with E-state index >= 15 is 0 Å². The van der Waals surface area contributed by atoms with Crippen LogP contribution in [0.3, 0.4) is 0 Å². The molecule has 5 nitrogen and oxygen atoms in total. The van der Waals surface area contributed by atoms with Crippen molar-refractivity contribution in [3.05, 3.63) is 36.0 Å². The minimum Gasteiger partial charge on any atom is -0.480 e. The second-order valence-electron chi connectivity index (χ2n) is 6.48. The number of carbonyl (C=O) groups is 2. The molecule has 5 heteroatoms. The summed E-state index contributed by atoms with van der Waals surface area (Å²) < 4.78 is 0. The summed E-state index contributed by atoms with van der Waals surface area (Å²) in [6, 6.07) is 6.85. The number of carbonyl (C=O) groups excluding carboxylic acids is 1. The van der Waals surface area contributed by atoms with Crippen molar-refractivity contribution in [1.29, 1.82) is 0 Å². The third kappa shape index (κ3) is 3.13. The van der Waals surface area contributed by atoms with Gasteiger partial charge in [0.15, 0.2) is 0 Å². The van der Waals surface area contributed by atoms with Gasteiger partial charge in [-0.1, -0.05) is 18.2 Å². The molecule has 22 heavy (non-hydrogen) atoms. The van der Waals surface area contributed by atoms with Crippen molar-refractivity contribution in [3.8, 4) is 0 Å². The highest BCUT2D eigenvalue weighted by Gasteiger charge is 2.36. The molecule has 2 rings (SSSR count). The molecule has 0 saturated heterocycles. The smallest absolute Gasteiger partial charge is 0.326 e. The van der Waals surface area contributed by atoms with Gasteiger partial charge in [0.1, 0.15) is 6.04 Å². The number of aromatic amines is 1. The summed E-state index contributed by atoms with van der Waals surface area (Å²) in [6.07, 6.45) is 2.10. The normalized spacial score (nSPS) is 13.1. The number of aromatic nitrogens is 1. The van der Waals surface area contributed by atoms with Crippen molar-refractivity contribution in [2.75, 3.05) is 0 Å². The van der Waals surface area contributed by atoms with Gasteiger partial charge in [0, 0.05) is 36.0 Å². The Morgan fingerprint density at radius 3 is 2.45 bits per heavy atom. The largest absolute Gasteiger partial charge is 0.480 e. The number of hydrogen-bond donors (Lipinski definition) is 2. The zero-order valence-corrected chi connectivity index (χ0v) is 13.4. The summed E-state index contributed by atoms with van der Waals surface area (Å²) in [7, 11) is 0. The van der Waals surface area contributed by atoms with Crippen molar-refractivity contribution >= 4 is 22.8 Å². The van der Waals surface area contributed by atoms with Gasteiger partial charge in [-0.2, -0.15) is 0 Å². The number of H-pyrrole nitrogens is 1. The molecular weight excluding hydrogens is 280 g/mol. The molecular formula is C17H22N2O3. The molecule has 0 bridgehead atoms. The predicted molar refractivity (Wildman–Crippen MR) is 85.7 cm³/mol. The van der Waals surface area contributed by atoms with Crippen LogP contribution in [0.1, 0.15) is 33.3 Å². The molecule has 1 amide bonds. The first kappa shape index (κ1) is 16.1. The van der Waals surface area contributed by atoms with Crippen LogP contribution < -0.4 is 0 Å². The minimum absolute atomic E-state index is 0.236. The number of amides is 1. The van der Waals surface area contributed by atoms with Crippen molar-refractivity contribution in [2.45, 2.75) is 45.7 Å². The standard InChI is InChI=1S/C17H22N2O3/c1-11(20)19(17(2,3)4)15(16(21)22)9-12-10-18-14-8-6-5-7-13(12)14/h5-8,10,15,18H,9H2,1-4H3,(H,21,22)/t15-/m0/s1. The van der Waals surface area contributed by atoms with Gasteiger partial charge < -0.3 is 15.0 Å². The molecule has 0 fully saturated rings. The highest BCUT2D eigenvalue weighted by molar-refractivity contribution is 5.86. The highest BCUT2D eigenvalue weighted by atomic mass is 16.4. The van der Waals surface area contributed by atoms with E-state index in [2.05, 4.69) is 4.98 Å². The number of carboxylic acid groups (broad SMARTS) is 1. The number of aliphatic carboxylic acids is 1. The van der Waals surface area contributed by atoms with Crippen LogP contribution in [0.4, 0.5) is 0 Å². The maximum absolute atomic E-state index is 12.0. The molecule has 0 aliphatic rings. The maximum atomic E-state index is 12.0. The van der Waals surface area contributed by atoms with Crippen molar-refractivity contribution < 1.29 is 14.7 Å². The van der Waals surface area contributed by atoms with Crippen molar-refractivity contribution in [2.24, 2.45) is 0 Å². The molecule has 0 unspecified atom stereocenters. The van der Waals surface area contributed by atoms with E-state index in [-0.39, 0.29) is 12.3 Å². The monoisotopic (exact) mass is 302 g/mol. The van der Waals surface area contributed by atoms with Crippen molar-refractivity contribution in [3.63, 3.8) is 0 Å². The topological polar surface area (TPSA) is 73.4 Å². The first-order valence-electron chi connectivity index (χ1n) is 7.29. The van der Waals surface area contributed by atoms with E-state index in [9.17, 15) is 14.7 Å². The van der Waals surface area contributed by atoms with Crippen molar-refractivity contribution in [1.82, 2.24) is 9.88 Å². The Bertz CT molecular complexity index is 697. The lowest BCUT2D eigenvalue weighted by atomic mass is 9.97. The Kier molecular flexibility index (Phi) is 4.26. The number of para-hydroxylation sites is 1. The van der Waals surface area contributed by atoms with Gasteiger partial charge in [-0.15, -0.1) is 0 Å². The van der Waals surface area contributed by atoms with Gasteiger partial charge in [-0.25, -0.2) is 4.79 Å². The molecule has 0 radical (unpaired) electrons. The maximum Gasteiger partial charge on any atom is 0.326 e. The first-order valence-corrected chi connectivity index (χ1v) is 7.29. The fourth-order valence-electron chi connectivity index (χ4n) is 2.96. The molecule has 0 spiro atoms. The van der Waals surface area contributed by atoms with Gasteiger partial charge >= 0.3 is 5.97 Å². The quantitative estimate of drug-likeness (QED) is 0.912. The van der Waals surface area contributed by atoms with Gasteiger partial charge in [0.25, 0.3) is 0 Å². The fraction of sp³-hybridized carbons (Fsp3) is 0.412. The van der Waals surface area contributed by atoms with Gasteiger partial charge in [0.2, 0.25) is 5.91 Å². The molecule has 1 aromatic carbocycles. The number of nitrogens with one attached hydrogen (secondary N) is 1. The second-order valence-corrected chi connectivity index (χ2v) is 6.48. The van der Waals surface area contributed by atoms with Crippen LogP contribution in [0.5, 0.6) is 0 Å². The van der Waals surface area contributed by atoms with Crippen LogP contribution in [-0.2, 0) is 16.0 Å². The SMILES string of the molecule is CC(=O)N([C@@H](Cc1c[nH]c2ccccc12)C(=O)O)C(C)(C)C. The van der Waals surface area contributed by atoms with E-state index in [0.29, 0.717) is 0 Å². The Morgan fingerprint density at radius 2 is 1.91 bits per heavy atom. The highest BCUT2D eigenvalue weighted by Crippen LogP contribution is 2.24. The second kappa shape index (κ2) is 5.83. The number of carboxylic acids is 1. The van der Waals surface area contributed by atoms with Crippen LogP contribution >= 0.6 is 0 Å². The lowest BCUT2D eigenvalue weighted by molar-refractivity contribution is -0.153. The summed E-state index contributed by atoms with van der Waals surface area (Å²) in [6.45, 7) is 6.95. The van der Waals surface area contributed by atoms with Crippen LogP contribution in [0, 0.1) is 0 Å². The molecule has 2 aromatic rings. The van der Waals surface area contributed by atoms with Crippen LogP contribution in [-0.4, -0.2) is 38.4 Å². The number of rotatable bonds is 4. The van der Waals surface area contributed by atoms with Gasteiger partial charge in [-0.05, 0) is 32.4 Å². The van der Waals surface area contributed by atoms with E-state index in [4.69, 9.17) is 0 Å². The van der Waals surface area contributed by atoms with Crippen LogP contribution in [0.2, 0.25) is 0 Å². The van der Waals surface area contributed by atoms with E-state index in [1.807, 2.05) is 51.2 Å². The number of nitrogens with zero attached hydrogens (tertiary/aromatic N) is 1. The van der Waals surface area contributed by atoms with E-state index in [1.165, 1.54) is 11.8 Å². The Balaban J connectivity index is 2.41. The number of hydrogen-bond acceptors (Lipinski definition) is 2. The van der Waals surface area contributed by atoms with Gasteiger partial charge in [-0.3, -0.25) is 4.79 Å². The molecule has 0 aliphatic heterocycles. The zero-order valence-electron chi connectivity index (χ0n) is 13.4. The molecule has 118 valence electrons. The lowest BCUT2D eigenvalue weighted by Gasteiger charge is -2.39. The number of benzene rings is 1. The predicted octanol–water partition coefficient (Wildman–Crippen LogP) is 2.81. The van der Waals surface area contributed by atoms with E-state index in [0.717, 1.165) is 16.5 Å². The fourth-order valence-corrected chi connectivity index (χ4v) is 2.96. The minimum atomic E-state index is -0.990. The molecule has 1 aromatic heterocycles. The molecule has 2 N–H and O–H groups in total. The summed E-state index contributed by atoms with van der Waals surface area (Å²) in [5.74, 6) is -1.23. The summed E-state index contributed by atoms with van der Waals surface area (Å²) >= 11 is 0. The van der Waals surface area contributed by atoms with Gasteiger partial charge in [0.05, 0.1) is 0 Å². The molecule has 0 aliphatic carbocycles. The first-order chi connectivity index (χ1) is 10.2. The summed E-state index contributed by atoms with van der Waals surface area (Å²) in [4.78, 5) is 28.3. The van der Waals surface area contributed by atoms with Crippen LogP contribution in [0.15, 0.2) is 30.5 Å². The van der Waals surface area contributed by atoms with E-state index < -0.39 is 17.6 Å². The van der Waals surface area contributed by atoms with E-state index in [1.54, 1.807) is 0 Å². The Morgan fingerprint density at radius 1 is 1.27 bits per heavy atom. The summed E-state index contributed by atoms with van der Waals surface area (Å²) in [5, 5.41) is 10.6. The Hall–Kier alpha value is -2.30. The molecule has 1 atom stereocenters. The average Bonchev–Trinajstić information content (AvgIpc) is 2.79. The third-order valence-electron chi connectivity index (χ3n) is 3.75. The average molecular weight is 302 g/mol. The van der Waals surface area contributed by atoms with Crippen LogP contribution in [0.25, 0.3) is 10.9 Å². The molecule has 1 heterocycles. The lowest BCUT2D eigenvalue weighted by Crippen LogP contribution is -2.54. The zero-order chi connectivity index (χ0) is 16.5.